The Morgan fingerprint density at radius 1 is 1.15 bits per heavy atom. The smallest absolute Gasteiger partial charge is 0.243 e. The molecule has 0 saturated carbocycles. The van der Waals surface area contributed by atoms with Crippen molar-refractivity contribution in [2.75, 3.05) is 45.9 Å². The number of thiazole rings is 1. The quantitative estimate of drug-likeness (QED) is 0.383. The van der Waals surface area contributed by atoms with E-state index in [2.05, 4.69) is 15.5 Å². The summed E-state index contributed by atoms with van der Waals surface area (Å²) < 4.78 is 43.3. The number of hydrogen-bond donors (Lipinski definition) is 1. The van der Waals surface area contributed by atoms with E-state index in [1.54, 1.807) is 38.6 Å². The molecule has 1 aliphatic heterocycles. The molecule has 3 aromatic rings. The first kappa shape index (κ1) is 23.2. The Hall–Kier alpha value is -2.99. The number of rotatable bonds is 8. The van der Waals surface area contributed by atoms with E-state index in [1.807, 2.05) is 29.6 Å². The number of nitrogens with one attached hydrogen (secondary N) is 1. The van der Waals surface area contributed by atoms with Crippen molar-refractivity contribution >= 4 is 32.7 Å². The van der Waals surface area contributed by atoms with E-state index in [1.165, 1.54) is 15.6 Å². The first-order valence-corrected chi connectivity index (χ1v) is 12.5. The summed E-state index contributed by atoms with van der Waals surface area (Å²) in [6.45, 7) is 1.52. The molecule has 0 unspecified atom stereocenters. The average Bonchev–Trinajstić information content (AvgIpc) is 3.33. The number of hydrazone groups is 1. The number of morpholine rings is 1. The minimum Gasteiger partial charge on any atom is -0.493 e. The zero-order valence-electron chi connectivity index (χ0n) is 18.2. The van der Waals surface area contributed by atoms with Gasteiger partial charge in [-0.15, -0.1) is 11.3 Å². The monoisotopic (exact) mass is 488 g/mol. The molecule has 1 saturated heterocycles. The minimum absolute atomic E-state index is 0.243. The third-order valence-corrected chi connectivity index (χ3v) is 7.68. The zero-order chi connectivity index (χ0) is 23.3. The molecule has 9 nitrogen and oxygen atoms in total. The van der Waals surface area contributed by atoms with Crippen LogP contribution in [0.2, 0.25) is 0 Å². The molecule has 0 aliphatic carbocycles. The van der Waals surface area contributed by atoms with Crippen LogP contribution in [0.3, 0.4) is 0 Å². The maximum atomic E-state index is 13.0. The Bertz CT molecular complexity index is 1240. The molecule has 1 aromatic heterocycles. The van der Waals surface area contributed by atoms with Crippen LogP contribution in [-0.2, 0) is 14.8 Å². The maximum Gasteiger partial charge on any atom is 0.243 e. The van der Waals surface area contributed by atoms with Crippen LogP contribution >= 0.6 is 11.3 Å². The van der Waals surface area contributed by atoms with Gasteiger partial charge in [0.1, 0.15) is 0 Å². The number of methoxy groups -OCH3 is 2. The van der Waals surface area contributed by atoms with Crippen molar-refractivity contribution in [3.63, 3.8) is 0 Å². The van der Waals surface area contributed by atoms with E-state index >= 15 is 0 Å². The van der Waals surface area contributed by atoms with Crippen molar-refractivity contribution in [2.24, 2.45) is 5.10 Å². The highest BCUT2D eigenvalue weighted by atomic mass is 32.2. The van der Waals surface area contributed by atoms with Crippen molar-refractivity contribution in [1.29, 1.82) is 0 Å². The molecule has 1 fully saturated rings. The van der Waals surface area contributed by atoms with Gasteiger partial charge in [0.2, 0.25) is 15.2 Å². The molecule has 1 N–H and O–H groups in total. The molecule has 11 heteroatoms. The average molecular weight is 489 g/mol. The van der Waals surface area contributed by atoms with Gasteiger partial charge >= 0.3 is 0 Å². The molecular weight excluding hydrogens is 464 g/mol. The fraction of sp³-hybridized carbons (Fsp3) is 0.273. The van der Waals surface area contributed by atoms with Gasteiger partial charge in [-0.25, -0.2) is 13.4 Å². The molecule has 4 rings (SSSR count). The number of para-hydroxylation sites is 1. The number of hydrogen-bond acceptors (Lipinski definition) is 9. The molecule has 2 aromatic carbocycles. The number of ether oxygens (including phenoxy) is 3. The standard InChI is InChI=1S/C22H24N4O5S2/c1-29-20-8-4-6-17(21(20)30-2)14-23-25-22-24-19(15-32-22)16-5-3-7-18(13-16)33(27,28)26-9-11-31-12-10-26/h3-8,13-15H,9-12H2,1-2H3,(H,24,25)/b23-14+. The Labute approximate surface area is 196 Å². The lowest BCUT2D eigenvalue weighted by Gasteiger charge is -2.26. The van der Waals surface area contributed by atoms with Crippen LogP contribution in [0.25, 0.3) is 11.3 Å². The SMILES string of the molecule is COc1cccc(/C=N/Nc2nc(-c3cccc(S(=O)(=O)N4CCOCC4)c3)cs2)c1OC. The number of aromatic nitrogens is 1. The molecule has 0 spiro atoms. The van der Waals surface area contributed by atoms with E-state index in [4.69, 9.17) is 14.2 Å². The highest BCUT2D eigenvalue weighted by Crippen LogP contribution is 2.30. The normalized spacial score (nSPS) is 15.0. The number of benzene rings is 2. The third-order valence-electron chi connectivity index (χ3n) is 5.04. The fourth-order valence-corrected chi connectivity index (χ4v) is 5.50. The molecule has 2 heterocycles. The van der Waals surface area contributed by atoms with Crippen molar-refractivity contribution in [3.8, 4) is 22.8 Å². The summed E-state index contributed by atoms with van der Waals surface area (Å²) >= 11 is 1.37. The second-order valence-corrected chi connectivity index (χ2v) is 9.83. The summed E-state index contributed by atoms with van der Waals surface area (Å²) in [7, 11) is -0.424. The van der Waals surface area contributed by atoms with E-state index in [0.29, 0.717) is 54.2 Å². The van der Waals surface area contributed by atoms with Gasteiger partial charge < -0.3 is 14.2 Å². The number of anilines is 1. The van der Waals surface area contributed by atoms with E-state index in [-0.39, 0.29) is 4.90 Å². The van der Waals surface area contributed by atoms with Crippen molar-refractivity contribution < 1.29 is 22.6 Å². The summed E-state index contributed by atoms with van der Waals surface area (Å²) in [6.07, 6.45) is 1.62. The predicted octanol–water partition coefficient (Wildman–Crippen LogP) is 3.29. The van der Waals surface area contributed by atoms with Crippen molar-refractivity contribution in [3.05, 3.63) is 53.4 Å². The van der Waals surface area contributed by atoms with Crippen LogP contribution in [0.5, 0.6) is 11.5 Å². The van der Waals surface area contributed by atoms with Gasteiger partial charge in [0.15, 0.2) is 11.5 Å². The van der Waals surface area contributed by atoms with Gasteiger partial charge in [-0.1, -0.05) is 18.2 Å². The van der Waals surface area contributed by atoms with Gasteiger partial charge in [-0.2, -0.15) is 9.41 Å². The van der Waals surface area contributed by atoms with Gasteiger partial charge in [0.05, 0.1) is 44.2 Å². The minimum atomic E-state index is -3.58. The lowest BCUT2D eigenvalue weighted by Crippen LogP contribution is -2.40. The predicted molar refractivity (Wildman–Crippen MR) is 128 cm³/mol. The van der Waals surface area contributed by atoms with Gasteiger partial charge in [-0.05, 0) is 24.3 Å². The topological polar surface area (TPSA) is 102 Å². The highest BCUT2D eigenvalue weighted by Gasteiger charge is 2.26. The van der Waals surface area contributed by atoms with Crippen molar-refractivity contribution in [2.45, 2.75) is 4.90 Å². The van der Waals surface area contributed by atoms with Crippen LogP contribution in [0.1, 0.15) is 5.56 Å². The second-order valence-electron chi connectivity index (χ2n) is 7.03. The van der Waals surface area contributed by atoms with E-state index in [0.717, 1.165) is 5.56 Å². The van der Waals surface area contributed by atoms with Crippen LogP contribution in [0, 0.1) is 0 Å². The summed E-state index contributed by atoms with van der Waals surface area (Å²) in [5.74, 6) is 1.20. The zero-order valence-corrected chi connectivity index (χ0v) is 19.9. The summed E-state index contributed by atoms with van der Waals surface area (Å²) in [5, 5.41) is 6.67. The fourth-order valence-electron chi connectivity index (χ4n) is 3.38. The lowest BCUT2D eigenvalue weighted by atomic mass is 10.2. The van der Waals surface area contributed by atoms with Gasteiger partial charge in [-0.3, -0.25) is 5.43 Å². The van der Waals surface area contributed by atoms with Gasteiger partial charge in [0.25, 0.3) is 0 Å². The summed E-state index contributed by atoms with van der Waals surface area (Å²) in [5.41, 5.74) is 5.04. The molecular formula is C22H24N4O5S2. The number of nitrogens with zero attached hydrogens (tertiary/aromatic N) is 3. The summed E-state index contributed by atoms with van der Waals surface area (Å²) in [4.78, 5) is 4.78. The van der Waals surface area contributed by atoms with Crippen LogP contribution in [0.4, 0.5) is 5.13 Å². The Morgan fingerprint density at radius 2 is 1.94 bits per heavy atom. The van der Waals surface area contributed by atoms with Crippen LogP contribution in [0.15, 0.2) is 57.8 Å². The lowest BCUT2D eigenvalue weighted by molar-refractivity contribution is 0.0730. The van der Waals surface area contributed by atoms with E-state index < -0.39 is 10.0 Å². The first-order valence-electron chi connectivity index (χ1n) is 10.2. The van der Waals surface area contributed by atoms with E-state index in [9.17, 15) is 8.42 Å². The molecule has 0 bridgehead atoms. The Kier molecular flexibility index (Phi) is 7.23. The molecule has 1 aliphatic rings. The second kappa shape index (κ2) is 10.3. The van der Waals surface area contributed by atoms with Crippen LogP contribution in [-0.4, -0.2) is 64.4 Å². The van der Waals surface area contributed by atoms with Gasteiger partial charge in [0, 0.05) is 29.6 Å². The highest BCUT2D eigenvalue weighted by molar-refractivity contribution is 7.89. The summed E-state index contributed by atoms with van der Waals surface area (Å²) in [6, 6.07) is 12.3. The third kappa shape index (κ3) is 5.17. The Balaban J connectivity index is 1.49. The first-order chi connectivity index (χ1) is 16.0. The molecule has 0 radical (unpaired) electrons. The Morgan fingerprint density at radius 3 is 2.70 bits per heavy atom. The molecule has 0 atom stereocenters. The maximum absolute atomic E-state index is 13.0. The molecule has 33 heavy (non-hydrogen) atoms. The number of sulfonamides is 1. The largest absolute Gasteiger partial charge is 0.493 e. The molecule has 0 amide bonds. The molecule has 174 valence electrons. The van der Waals surface area contributed by atoms with Crippen LogP contribution < -0.4 is 14.9 Å². The van der Waals surface area contributed by atoms with Crippen molar-refractivity contribution in [1.82, 2.24) is 9.29 Å².